The molecule has 2 rings (SSSR count). The minimum Gasteiger partial charge on any atom is -0.390 e. The van der Waals surface area contributed by atoms with Crippen molar-refractivity contribution in [3.8, 4) is 0 Å². The Labute approximate surface area is 140 Å². The maximum Gasteiger partial charge on any atom is 0.251 e. The number of carbonyl (C=O) groups is 1. The van der Waals surface area contributed by atoms with Crippen LogP contribution in [0.1, 0.15) is 46.2 Å². The molecule has 0 aliphatic rings. The minimum absolute atomic E-state index is 0.0867. The van der Waals surface area contributed by atoms with Gasteiger partial charge in [-0.15, -0.1) is 21.5 Å². The van der Waals surface area contributed by atoms with Crippen LogP contribution in [0, 0.1) is 6.92 Å². The van der Waals surface area contributed by atoms with Crippen molar-refractivity contribution in [2.75, 3.05) is 6.54 Å². The average Bonchev–Trinajstić information content (AvgIpc) is 2.90. The molecule has 1 heterocycles. The topological polar surface area (TPSA) is 75.1 Å². The summed E-state index contributed by atoms with van der Waals surface area (Å²) in [4.78, 5) is 12.2. The van der Waals surface area contributed by atoms with Crippen molar-refractivity contribution < 1.29 is 9.90 Å². The SMILES string of the molecule is Cc1nnc(CCNC(=O)c2cccc(CCC(C)(C)O)c2)s1. The molecule has 0 unspecified atom stereocenters. The van der Waals surface area contributed by atoms with Crippen LogP contribution in [0.25, 0.3) is 0 Å². The quantitative estimate of drug-likeness (QED) is 0.816. The first kappa shape index (κ1) is 17.6. The predicted octanol–water partition coefficient (Wildman–Crippen LogP) is 2.52. The van der Waals surface area contributed by atoms with Crippen molar-refractivity contribution in [2.24, 2.45) is 0 Å². The first-order chi connectivity index (χ1) is 10.8. The largest absolute Gasteiger partial charge is 0.390 e. The Balaban J connectivity index is 1.86. The first-order valence-corrected chi connectivity index (χ1v) is 8.54. The standard InChI is InChI=1S/C17H23N3O2S/c1-12-19-20-15(23-12)8-10-18-16(21)14-6-4-5-13(11-14)7-9-17(2,3)22/h4-6,11,22H,7-10H2,1-3H3,(H,18,21). The Morgan fingerprint density at radius 2 is 2.09 bits per heavy atom. The number of amides is 1. The Hall–Kier alpha value is -1.79. The lowest BCUT2D eigenvalue weighted by atomic mass is 9.98. The second-order valence-electron chi connectivity index (χ2n) is 6.23. The molecule has 124 valence electrons. The van der Waals surface area contributed by atoms with Crippen molar-refractivity contribution in [2.45, 2.75) is 45.6 Å². The Kier molecular flexibility index (Phi) is 5.85. The number of benzene rings is 1. The number of nitrogens with zero attached hydrogens (tertiary/aromatic N) is 2. The van der Waals surface area contributed by atoms with Crippen LogP contribution in [-0.4, -0.2) is 33.4 Å². The summed E-state index contributed by atoms with van der Waals surface area (Å²) in [6.45, 7) is 6.04. The average molecular weight is 333 g/mol. The summed E-state index contributed by atoms with van der Waals surface area (Å²) in [5, 5.41) is 22.6. The molecule has 0 bridgehead atoms. The van der Waals surface area contributed by atoms with E-state index in [1.807, 2.05) is 25.1 Å². The van der Waals surface area contributed by atoms with Crippen LogP contribution in [0.4, 0.5) is 0 Å². The molecule has 0 spiro atoms. The molecule has 1 aromatic heterocycles. The molecule has 0 fully saturated rings. The number of aromatic nitrogens is 2. The van der Waals surface area contributed by atoms with E-state index in [-0.39, 0.29) is 5.91 Å². The van der Waals surface area contributed by atoms with Crippen LogP contribution < -0.4 is 5.32 Å². The molecule has 2 aromatic rings. The summed E-state index contributed by atoms with van der Waals surface area (Å²) in [7, 11) is 0. The van der Waals surface area contributed by atoms with Gasteiger partial charge in [-0.3, -0.25) is 4.79 Å². The van der Waals surface area contributed by atoms with Gasteiger partial charge in [0.25, 0.3) is 5.91 Å². The summed E-state index contributed by atoms with van der Waals surface area (Å²) in [6, 6.07) is 7.55. The zero-order valence-corrected chi connectivity index (χ0v) is 14.6. The highest BCUT2D eigenvalue weighted by Crippen LogP contribution is 2.14. The number of carbonyl (C=O) groups excluding carboxylic acids is 1. The molecule has 5 nitrogen and oxygen atoms in total. The highest BCUT2D eigenvalue weighted by molar-refractivity contribution is 7.11. The van der Waals surface area contributed by atoms with Gasteiger partial charge in [0.2, 0.25) is 0 Å². The van der Waals surface area contributed by atoms with Crippen molar-refractivity contribution in [3.63, 3.8) is 0 Å². The number of hydrogen-bond donors (Lipinski definition) is 2. The van der Waals surface area contributed by atoms with Gasteiger partial charge in [-0.05, 0) is 51.3 Å². The zero-order valence-electron chi connectivity index (χ0n) is 13.8. The Bertz CT molecular complexity index is 662. The van der Waals surface area contributed by atoms with Crippen LogP contribution in [0.2, 0.25) is 0 Å². The molecule has 0 radical (unpaired) electrons. The molecule has 1 aromatic carbocycles. The summed E-state index contributed by atoms with van der Waals surface area (Å²) in [6.07, 6.45) is 2.10. The van der Waals surface area contributed by atoms with Gasteiger partial charge in [-0.25, -0.2) is 0 Å². The summed E-state index contributed by atoms with van der Waals surface area (Å²) >= 11 is 1.55. The third kappa shape index (κ3) is 6.08. The number of aryl methyl sites for hydroxylation is 2. The van der Waals surface area contributed by atoms with Gasteiger partial charge in [-0.1, -0.05) is 12.1 Å². The lowest BCUT2D eigenvalue weighted by molar-refractivity contribution is 0.0714. The van der Waals surface area contributed by atoms with Crippen LogP contribution in [0.5, 0.6) is 0 Å². The van der Waals surface area contributed by atoms with E-state index in [4.69, 9.17) is 0 Å². The monoisotopic (exact) mass is 333 g/mol. The van der Waals surface area contributed by atoms with Crippen LogP contribution in [-0.2, 0) is 12.8 Å². The van der Waals surface area contributed by atoms with Gasteiger partial charge >= 0.3 is 0 Å². The maximum atomic E-state index is 12.2. The lowest BCUT2D eigenvalue weighted by Gasteiger charge is -2.16. The molecule has 6 heteroatoms. The van der Waals surface area contributed by atoms with E-state index >= 15 is 0 Å². The molecular weight excluding hydrogens is 310 g/mol. The van der Waals surface area contributed by atoms with E-state index in [9.17, 15) is 9.90 Å². The fraction of sp³-hybridized carbons (Fsp3) is 0.471. The van der Waals surface area contributed by atoms with Crippen LogP contribution >= 0.6 is 11.3 Å². The minimum atomic E-state index is -0.696. The van der Waals surface area contributed by atoms with Crippen molar-refractivity contribution in [3.05, 3.63) is 45.4 Å². The number of nitrogens with one attached hydrogen (secondary N) is 1. The number of rotatable bonds is 7. The fourth-order valence-electron chi connectivity index (χ4n) is 2.14. The molecule has 0 atom stereocenters. The molecule has 0 aliphatic heterocycles. The van der Waals surface area contributed by atoms with Gasteiger partial charge in [0.1, 0.15) is 10.0 Å². The van der Waals surface area contributed by atoms with Gasteiger partial charge in [0.05, 0.1) is 5.60 Å². The second kappa shape index (κ2) is 7.66. The smallest absolute Gasteiger partial charge is 0.251 e. The molecule has 0 saturated carbocycles. The third-order valence-corrected chi connectivity index (χ3v) is 4.31. The summed E-state index contributed by atoms with van der Waals surface area (Å²) < 4.78 is 0. The molecule has 2 N–H and O–H groups in total. The third-order valence-electron chi connectivity index (χ3n) is 3.41. The highest BCUT2D eigenvalue weighted by atomic mass is 32.1. The van der Waals surface area contributed by atoms with Crippen LogP contribution in [0.3, 0.4) is 0 Å². The van der Waals surface area contributed by atoms with E-state index in [1.54, 1.807) is 31.3 Å². The Morgan fingerprint density at radius 1 is 1.30 bits per heavy atom. The normalized spacial score (nSPS) is 11.5. The van der Waals surface area contributed by atoms with E-state index in [0.29, 0.717) is 24.9 Å². The van der Waals surface area contributed by atoms with Gasteiger partial charge in [0, 0.05) is 18.5 Å². The highest BCUT2D eigenvalue weighted by Gasteiger charge is 2.13. The van der Waals surface area contributed by atoms with Crippen molar-refractivity contribution in [1.82, 2.24) is 15.5 Å². The summed E-state index contributed by atoms with van der Waals surface area (Å²) in [5.41, 5.74) is 1.00. The van der Waals surface area contributed by atoms with Crippen LogP contribution in [0.15, 0.2) is 24.3 Å². The zero-order chi connectivity index (χ0) is 16.9. The molecule has 0 saturated heterocycles. The molecule has 1 amide bonds. The van der Waals surface area contributed by atoms with E-state index < -0.39 is 5.60 Å². The van der Waals surface area contributed by atoms with Crippen molar-refractivity contribution in [1.29, 1.82) is 0 Å². The second-order valence-corrected chi connectivity index (χ2v) is 7.50. The molecule has 23 heavy (non-hydrogen) atoms. The summed E-state index contributed by atoms with van der Waals surface area (Å²) in [5.74, 6) is -0.0867. The van der Waals surface area contributed by atoms with E-state index in [1.165, 1.54) is 0 Å². The van der Waals surface area contributed by atoms with Gasteiger partial charge < -0.3 is 10.4 Å². The lowest BCUT2D eigenvalue weighted by Crippen LogP contribution is -2.25. The van der Waals surface area contributed by atoms with Crippen molar-refractivity contribution >= 4 is 17.2 Å². The van der Waals surface area contributed by atoms with E-state index in [2.05, 4.69) is 15.5 Å². The van der Waals surface area contributed by atoms with Gasteiger partial charge in [-0.2, -0.15) is 0 Å². The molecular formula is C17H23N3O2S. The molecule has 0 aliphatic carbocycles. The number of hydrogen-bond acceptors (Lipinski definition) is 5. The van der Waals surface area contributed by atoms with Gasteiger partial charge in [0.15, 0.2) is 0 Å². The Morgan fingerprint density at radius 3 is 2.74 bits per heavy atom. The fourth-order valence-corrected chi connectivity index (χ4v) is 2.85. The van der Waals surface area contributed by atoms with E-state index in [0.717, 1.165) is 22.0 Å². The number of aliphatic hydroxyl groups is 1. The first-order valence-electron chi connectivity index (χ1n) is 7.72. The predicted molar refractivity (Wildman–Crippen MR) is 91.7 cm³/mol. The maximum absolute atomic E-state index is 12.2.